The Kier molecular flexibility index (Phi) is 11.5. The van der Waals surface area contributed by atoms with E-state index >= 15 is 0 Å². The van der Waals surface area contributed by atoms with Crippen molar-refractivity contribution in [3.63, 3.8) is 0 Å². The summed E-state index contributed by atoms with van der Waals surface area (Å²) in [6.45, 7) is 8.64. The second-order valence-corrected chi connectivity index (χ2v) is 3.30. The smallest absolute Gasteiger partial charge is 0.330 e. The monoisotopic (exact) mass is 230 g/mol. The van der Waals surface area contributed by atoms with E-state index in [9.17, 15) is 4.79 Å². The zero-order valence-electron chi connectivity index (χ0n) is 10.1. The van der Waals surface area contributed by atoms with Gasteiger partial charge in [-0.2, -0.15) is 0 Å². The number of carbonyl (C=O) groups excluding carboxylic acids is 1. The van der Waals surface area contributed by atoms with Crippen molar-refractivity contribution in [1.29, 1.82) is 0 Å². The SMILES string of the molecule is C=CC(=O)OCCCOCCCOCCC. The lowest BCUT2D eigenvalue weighted by Crippen LogP contribution is -2.07. The van der Waals surface area contributed by atoms with Crippen LogP contribution in [0.5, 0.6) is 0 Å². The largest absolute Gasteiger partial charge is 0.462 e. The minimum absolute atomic E-state index is 0.382. The third-order valence-corrected chi connectivity index (χ3v) is 1.77. The number of carbonyl (C=O) groups is 1. The van der Waals surface area contributed by atoms with Crippen molar-refractivity contribution in [2.24, 2.45) is 0 Å². The van der Waals surface area contributed by atoms with E-state index in [1.807, 2.05) is 0 Å². The summed E-state index contributed by atoms with van der Waals surface area (Å²) in [4.78, 5) is 10.6. The summed E-state index contributed by atoms with van der Waals surface area (Å²) in [5.74, 6) is -0.382. The van der Waals surface area contributed by atoms with Crippen LogP contribution in [0.2, 0.25) is 0 Å². The first-order valence-electron chi connectivity index (χ1n) is 5.76. The third-order valence-electron chi connectivity index (χ3n) is 1.77. The fourth-order valence-corrected chi connectivity index (χ4v) is 1.00. The average molecular weight is 230 g/mol. The van der Waals surface area contributed by atoms with Crippen LogP contribution in [0.3, 0.4) is 0 Å². The Bertz CT molecular complexity index is 180. The predicted molar refractivity (Wildman–Crippen MR) is 62.3 cm³/mol. The van der Waals surface area contributed by atoms with Crippen molar-refractivity contribution in [3.05, 3.63) is 12.7 Å². The van der Waals surface area contributed by atoms with Crippen LogP contribution in [0, 0.1) is 0 Å². The fourth-order valence-electron chi connectivity index (χ4n) is 1.00. The normalized spacial score (nSPS) is 10.1. The van der Waals surface area contributed by atoms with Gasteiger partial charge in [-0.3, -0.25) is 0 Å². The van der Waals surface area contributed by atoms with Gasteiger partial charge in [-0.05, 0) is 12.8 Å². The Morgan fingerprint density at radius 3 is 2.19 bits per heavy atom. The van der Waals surface area contributed by atoms with Gasteiger partial charge in [0.2, 0.25) is 0 Å². The van der Waals surface area contributed by atoms with Crippen molar-refractivity contribution in [2.45, 2.75) is 26.2 Å². The maximum atomic E-state index is 10.6. The molecule has 0 N–H and O–H groups in total. The second kappa shape index (κ2) is 12.2. The molecule has 16 heavy (non-hydrogen) atoms. The predicted octanol–water partition coefficient (Wildman–Crippen LogP) is 1.94. The summed E-state index contributed by atoms with van der Waals surface area (Å²) >= 11 is 0. The van der Waals surface area contributed by atoms with E-state index in [4.69, 9.17) is 14.2 Å². The molecule has 0 aliphatic rings. The van der Waals surface area contributed by atoms with E-state index < -0.39 is 0 Å². The minimum Gasteiger partial charge on any atom is -0.462 e. The standard InChI is InChI=1S/C12H22O4/c1-3-7-14-8-5-9-15-10-6-11-16-12(13)4-2/h4H,2-3,5-11H2,1H3. The lowest BCUT2D eigenvalue weighted by molar-refractivity contribution is -0.138. The van der Waals surface area contributed by atoms with Gasteiger partial charge >= 0.3 is 5.97 Å². The lowest BCUT2D eigenvalue weighted by Gasteiger charge is -2.05. The molecule has 4 nitrogen and oxygen atoms in total. The molecule has 0 spiro atoms. The first-order valence-corrected chi connectivity index (χ1v) is 5.76. The molecular weight excluding hydrogens is 208 g/mol. The van der Waals surface area contributed by atoms with Crippen LogP contribution in [-0.2, 0) is 19.0 Å². The molecule has 0 atom stereocenters. The number of esters is 1. The van der Waals surface area contributed by atoms with Crippen LogP contribution in [0.1, 0.15) is 26.2 Å². The van der Waals surface area contributed by atoms with Crippen LogP contribution < -0.4 is 0 Å². The van der Waals surface area contributed by atoms with E-state index in [2.05, 4.69) is 13.5 Å². The lowest BCUT2D eigenvalue weighted by atomic mass is 10.4. The maximum Gasteiger partial charge on any atom is 0.330 e. The molecule has 0 amide bonds. The summed E-state index contributed by atoms with van der Waals surface area (Å²) in [6.07, 6.45) is 3.84. The molecule has 0 heterocycles. The van der Waals surface area contributed by atoms with E-state index in [0.29, 0.717) is 19.8 Å². The van der Waals surface area contributed by atoms with Crippen molar-refractivity contribution in [3.8, 4) is 0 Å². The summed E-state index contributed by atoms with van der Waals surface area (Å²) in [5, 5.41) is 0. The molecule has 0 radical (unpaired) electrons. The average Bonchev–Trinajstić information content (AvgIpc) is 2.31. The Morgan fingerprint density at radius 1 is 1.06 bits per heavy atom. The number of hydrogen-bond donors (Lipinski definition) is 0. The van der Waals surface area contributed by atoms with Gasteiger partial charge in [0.25, 0.3) is 0 Å². The first kappa shape index (κ1) is 15.1. The van der Waals surface area contributed by atoms with Crippen molar-refractivity contribution < 1.29 is 19.0 Å². The molecular formula is C12H22O4. The molecule has 0 fully saturated rings. The van der Waals surface area contributed by atoms with Gasteiger partial charge in [-0.25, -0.2) is 4.79 Å². The van der Waals surface area contributed by atoms with Gasteiger partial charge in [0, 0.05) is 38.9 Å². The van der Waals surface area contributed by atoms with E-state index in [0.717, 1.165) is 38.6 Å². The minimum atomic E-state index is -0.382. The highest BCUT2D eigenvalue weighted by Gasteiger charge is 1.95. The summed E-state index contributed by atoms with van der Waals surface area (Å²) < 4.78 is 15.4. The molecule has 0 saturated heterocycles. The third kappa shape index (κ3) is 11.2. The Labute approximate surface area is 97.6 Å². The van der Waals surface area contributed by atoms with Crippen LogP contribution in [0.15, 0.2) is 12.7 Å². The highest BCUT2D eigenvalue weighted by atomic mass is 16.5. The van der Waals surface area contributed by atoms with Gasteiger partial charge in [0.05, 0.1) is 6.61 Å². The van der Waals surface area contributed by atoms with E-state index in [1.54, 1.807) is 0 Å². The number of rotatable bonds is 11. The molecule has 0 bridgehead atoms. The second-order valence-electron chi connectivity index (χ2n) is 3.30. The molecule has 0 saturated carbocycles. The molecule has 4 heteroatoms. The highest BCUT2D eigenvalue weighted by Crippen LogP contribution is 1.90. The molecule has 0 aromatic heterocycles. The van der Waals surface area contributed by atoms with E-state index in [1.165, 1.54) is 0 Å². The highest BCUT2D eigenvalue weighted by molar-refractivity contribution is 5.81. The molecule has 94 valence electrons. The van der Waals surface area contributed by atoms with Gasteiger partial charge in [0.15, 0.2) is 0 Å². The van der Waals surface area contributed by atoms with Crippen LogP contribution in [0.4, 0.5) is 0 Å². The van der Waals surface area contributed by atoms with E-state index in [-0.39, 0.29) is 5.97 Å². The molecule has 0 aromatic carbocycles. The van der Waals surface area contributed by atoms with Gasteiger partial charge in [-0.15, -0.1) is 0 Å². The van der Waals surface area contributed by atoms with Crippen LogP contribution in [0.25, 0.3) is 0 Å². The number of hydrogen-bond acceptors (Lipinski definition) is 4. The van der Waals surface area contributed by atoms with Crippen molar-refractivity contribution in [2.75, 3.05) is 33.0 Å². The molecule has 0 aliphatic heterocycles. The van der Waals surface area contributed by atoms with Gasteiger partial charge in [-0.1, -0.05) is 13.5 Å². The Balaban J connectivity index is 2.98. The van der Waals surface area contributed by atoms with Gasteiger partial charge < -0.3 is 14.2 Å². The molecule has 0 aromatic rings. The molecule has 0 aliphatic carbocycles. The summed E-state index contributed by atoms with van der Waals surface area (Å²) in [7, 11) is 0. The zero-order chi connectivity index (χ0) is 12.1. The topological polar surface area (TPSA) is 44.8 Å². The molecule has 0 rings (SSSR count). The first-order chi connectivity index (χ1) is 7.81. The summed E-state index contributed by atoms with van der Waals surface area (Å²) in [6, 6.07) is 0. The Morgan fingerprint density at radius 2 is 1.62 bits per heavy atom. The zero-order valence-corrected chi connectivity index (χ0v) is 10.1. The van der Waals surface area contributed by atoms with Crippen molar-refractivity contribution in [1.82, 2.24) is 0 Å². The van der Waals surface area contributed by atoms with Crippen LogP contribution in [-0.4, -0.2) is 39.0 Å². The van der Waals surface area contributed by atoms with Crippen LogP contribution >= 0.6 is 0 Å². The molecule has 0 unspecified atom stereocenters. The van der Waals surface area contributed by atoms with Gasteiger partial charge in [0.1, 0.15) is 0 Å². The Hall–Kier alpha value is -0.870. The van der Waals surface area contributed by atoms with Crippen molar-refractivity contribution >= 4 is 5.97 Å². The summed E-state index contributed by atoms with van der Waals surface area (Å²) in [5.41, 5.74) is 0. The fraction of sp³-hybridized carbons (Fsp3) is 0.750. The maximum absolute atomic E-state index is 10.6. The quantitative estimate of drug-likeness (QED) is 0.309. The number of ether oxygens (including phenoxy) is 3.